The zero-order valence-electron chi connectivity index (χ0n) is 9.26. The fourth-order valence-electron chi connectivity index (χ4n) is 1.14. The van der Waals surface area contributed by atoms with E-state index in [0.717, 1.165) is 31.5 Å². The van der Waals surface area contributed by atoms with Gasteiger partial charge in [-0.15, -0.1) is 0 Å². The van der Waals surface area contributed by atoms with E-state index in [4.69, 9.17) is 0 Å². The molecule has 2 nitrogen and oxygen atoms in total. The van der Waals surface area contributed by atoms with E-state index in [1.807, 2.05) is 42.8 Å². The minimum absolute atomic E-state index is 0.773. The molecule has 0 aliphatic rings. The number of nitrogens with zero attached hydrogens (tertiary/aromatic N) is 2. The summed E-state index contributed by atoms with van der Waals surface area (Å²) in [5.74, 6) is 0. The average Bonchev–Trinajstić information content (AvgIpc) is 2.29. The maximum Gasteiger partial charge on any atom is 0.0585 e. The molecule has 0 heterocycles. The van der Waals surface area contributed by atoms with Gasteiger partial charge in [-0.05, 0) is 18.2 Å². The molecule has 0 saturated carbocycles. The first kappa shape index (κ1) is 11.6. The molecule has 1 rings (SSSR count). The number of rotatable bonds is 6. The Kier molecular flexibility index (Phi) is 6.14. The number of hydrogen-bond donors (Lipinski definition) is 0. The van der Waals surface area contributed by atoms with Crippen LogP contribution >= 0.6 is 0 Å². The Morgan fingerprint density at radius 1 is 1.07 bits per heavy atom. The van der Waals surface area contributed by atoms with Crippen LogP contribution in [0.5, 0.6) is 0 Å². The van der Waals surface area contributed by atoms with Crippen LogP contribution in [-0.2, 0) is 0 Å². The first-order chi connectivity index (χ1) is 7.43. The van der Waals surface area contributed by atoms with Crippen molar-refractivity contribution in [2.75, 3.05) is 13.1 Å². The van der Waals surface area contributed by atoms with E-state index in [1.165, 1.54) is 0 Å². The van der Waals surface area contributed by atoms with Gasteiger partial charge >= 0.3 is 0 Å². The lowest BCUT2D eigenvalue weighted by atomic mass is 10.2. The first-order valence-electron chi connectivity index (χ1n) is 5.46. The van der Waals surface area contributed by atoms with Gasteiger partial charge in [0.15, 0.2) is 0 Å². The van der Waals surface area contributed by atoms with Crippen LogP contribution in [0.25, 0.3) is 0 Å². The van der Waals surface area contributed by atoms with Gasteiger partial charge in [0.05, 0.1) is 13.1 Å². The largest absolute Gasteiger partial charge is 0.296 e. The molecule has 2 heteroatoms. The molecule has 0 atom stereocenters. The van der Waals surface area contributed by atoms with E-state index in [9.17, 15) is 0 Å². The van der Waals surface area contributed by atoms with E-state index in [0.29, 0.717) is 0 Å². The molecule has 0 fully saturated rings. The van der Waals surface area contributed by atoms with Crippen LogP contribution in [0.4, 0.5) is 0 Å². The standard InChI is InChI=1S/C13H18N2/c1-2-3-9-14-10-11-15-12-13-7-5-4-6-8-13/h4-9,12H,2-3,10-11H2,1H3. The summed E-state index contributed by atoms with van der Waals surface area (Å²) in [6.45, 7) is 3.72. The molecule has 0 aliphatic heterocycles. The fourth-order valence-corrected chi connectivity index (χ4v) is 1.14. The van der Waals surface area contributed by atoms with E-state index >= 15 is 0 Å². The quantitative estimate of drug-likeness (QED) is 0.500. The second kappa shape index (κ2) is 7.92. The molecule has 0 N–H and O–H groups in total. The van der Waals surface area contributed by atoms with Gasteiger partial charge in [-0.25, -0.2) is 0 Å². The monoisotopic (exact) mass is 202 g/mol. The lowest BCUT2D eigenvalue weighted by Crippen LogP contribution is -1.89. The summed E-state index contributed by atoms with van der Waals surface area (Å²) in [5.41, 5.74) is 1.15. The smallest absolute Gasteiger partial charge is 0.0585 e. The third-order valence-electron chi connectivity index (χ3n) is 1.95. The number of hydrogen-bond acceptors (Lipinski definition) is 2. The molecular weight excluding hydrogens is 184 g/mol. The average molecular weight is 202 g/mol. The SMILES string of the molecule is CCCC=NCCN=Cc1ccccc1. The zero-order valence-corrected chi connectivity index (χ0v) is 9.26. The molecule has 0 bridgehead atoms. The molecular formula is C13H18N2. The van der Waals surface area contributed by atoms with Crippen molar-refractivity contribution in [2.45, 2.75) is 19.8 Å². The summed E-state index contributed by atoms with van der Waals surface area (Å²) in [5, 5.41) is 0. The number of benzene rings is 1. The Morgan fingerprint density at radius 3 is 2.53 bits per heavy atom. The molecule has 0 radical (unpaired) electrons. The highest BCUT2D eigenvalue weighted by Crippen LogP contribution is 1.93. The van der Waals surface area contributed by atoms with Gasteiger partial charge in [0.25, 0.3) is 0 Å². The molecule has 80 valence electrons. The molecule has 15 heavy (non-hydrogen) atoms. The molecule has 0 saturated heterocycles. The summed E-state index contributed by atoms with van der Waals surface area (Å²) < 4.78 is 0. The highest BCUT2D eigenvalue weighted by Gasteiger charge is 1.83. The van der Waals surface area contributed by atoms with Gasteiger partial charge in [-0.2, -0.15) is 0 Å². The second-order valence-corrected chi connectivity index (χ2v) is 3.32. The Morgan fingerprint density at radius 2 is 1.80 bits per heavy atom. The Bertz CT molecular complexity index is 302. The first-order valence-corrected chi connectivity index (χ1v) is 5.46. The van der Waals surface area contributed by atoms with Crippen LogP contribution in [0, 0.1) is 0 Å². The summed E-state index contributed by atoms with van der Waals surface area (Å²) >= 11 is 0. The molecule has 0 aromatic heterocycles. The van der Waals surface area contributed by atoms with Crippen molar-refractivity contribution in [3.8, 4) is 0 Å². The second-order valence-electron chi connectivity index (χ2n) is 3.32. The lowest BCUT2D eigenvalue weighted by Gasteiger charge is -1.91. The molecule has 0 unspecified atom stereocenters. The highest BCUT2D eigenvalue weighted by atomic mass is 14.8. The van der Waals surface area contributed by atoms with Crippen molar-refractivity contribution in [1.82, 2.24) is 0 Å². The van der Waals surface area contributed by atoms with E-state index in [1.54, 1.807) is 0 Å². The predicted octanol–water partition coefficient (Wildman–Crippen LogP) is 2.98. The van der Waals surface area contributed by atoms with Crippen LogP contribution in [0.2, 0.25) is 0 Å². The van der Waals surface area contributed by atoms with Gasteiger partial charge in [0, 0.05) is 6.21 Å². The minimum Gasteiger partial charge on any atom is -0.296 e. The molecule has 1 aromatic rings. The Hall–Kier alpha value is -1.44. The van der Waals surface area contributed by atoms with Crippen molar-refractivity contribution in [3.63, 3.8) is 0 Å². The number of aliphatic imine (C=N–C) groups is 2. The van der Waals surface area contributed by atoms with E-state index in [2.05, 4.69) is 16.9 Å². The van der Waals surface area contributed by atoms with Gasteiger partial charge in [0.1, 0.15) is 0 Å². The van der Waals surface area contributed by atoms with Crippen molar-refractivity contribution >= 4 is 12.4 Å². The third kappa shape index (κ3) is 5.78. The molecule has 0 aliphatic carbocycles. The van der Waals surface area contributed by atoms with Gasteiger partial charge in [-0.1, -0.05) is 43.7 Å². The number of unbranched alkanes of at least 4 members (excludes halogenated alkanes) is 1. The van der Waals surface area contributed by atoms with Crippen LogP contribution in [0.3, 0.4) is 0 Å². The summed E-state index contributed by atoms with van der Waals surface area (Å²) in [6.07, 6.45) is 6.12. The summed E-state index contributed by atoms with van der Waals surface area (Å²) in [6, 6.07) is 10.1. The van der Waals surface area contributed by atoms with Crippen molar-refractivity contribution < 1.29 is 0 Å². The van der Waals surface area contributed by atoms with E-state index < -0.39 is 0 Å². The van der Waals surface area contributed by atoms with Crippen LogP contribution in [0.15, 0.2) is 40.3 Å². The van der Waals surface area contributed by atoms with Gasteiger partial charge in [0.2, 0.25) is 0 Å². The highest BCUT2D eigenvalue weighted by molar-refractivity contribution is 5.79. The Labute approximate surface area is 91.8 Å². The Balaban J connectivity index is 2.17. The predicted molar refractivity (Wildman–Crippen MR) is 67.2 cm³/mol. The van der Waals surface area contributed by atoms with Gasteiger partial charge in [-0.3, -0.25) is 9.98 Å². The summed E-state index contributed by atoms with van der Waals surface area (Å²) in [4.78, 5) is 8.55. The molecule has 1 aromatic carbocycles. The fraction of sp³-hybridized carbons (Fsp3) is 0.385. The normalized spacial score (nSPS) is 11.5. The van der Waals surface area contributed by atoms with Crippen molar-refractivity contribution in [2.24, 2.45) is 9.98 Å². The van der Waals surface area contributed by atoms with Crippen molar-refractivity contribution in [3.05, 3.63) is 35.9 Å². The molecule has 0 spiro atoms. The van der Waals surface area contributed by atoms with Crippen LogP contribution < -0.4 is 0 Å². The minimum atomic E-state index is 0.773. The topological polar surface area (TPSA) is 24.7 Å². The van der Waals surface area contributed by atoms with Crippen LogP contribution in [0.1, 0.15) is 25.3 Å². The third-order valence-corrected chi connectivity index (χ3v) is 1.95. The van der Waals surface area contributed by atoms with Crippen molar-refractivity contribution in [1.29, 1.82) is 0 Å². The van der Waals surface area contributed by atoms with E-state index in [-0.39, 0.29) is 0 Å². The van der Waals surface area contributed by atoms with Gasteiger partial charge < -0.3 is 0 Å². The zero-order chi connectivity index (χ0) is 10.8. The van der Waals surface area contributed by atoms with Crippen LogP contribution in [-0.4, -0.2) is 25.5 Å². The summed E-state index contributed by atoms with van der Waals surface area (Å²) in [7, 11) is 0. The lowest BCUT2D eigenvalue weighted by molar-refractivity contribution is 0.956. The maximum atomic E-state index is 4.30. The molecule has 0 amide bonds. The maximum absolute atomic E-state index is 4.30.